The maximum absolute atomic E-state index is 11.9. The number of nitrogens with two attached hydrogens (primary N) is 3. The van der Waals surface area contributed by atoms with Crippen molar-refractivity contribution >= 4 is 17.7 Å². The molecule has 3 amide bonds. The zero-order chi connectivity index (χ0) is 13.7. The molecule has 7 heteroatoms. The van der Waals surface area contributed by atoms with Gasteiger partial charge in [0.1, 0.15) is 0 Å². The second-order valence-electron chi connectivity index (χ2n) is 4.72. The molecule has 0 spiro atoms. The predicted octanol–water partition coefficient (Wildman–Crippen LogP) is -1.70. The number of piperidine rings is 1. The van der Waals surface area contributed by atoms with E-state index in [9.17, 15) is 14.4 Å². The van der Waals surface area contributed by atoms with Crippen molar-refractivity contribution in [3.8, 4) is 0 Å². The van der Waals surface area contributed by atoms with Crippen LogP contribution in [0.5, 0.6) is 0 Å². The van der Waals surface area contributed by atoms with Gasteiger partial charge >= 0.3 is 0 Å². The second kappa shape index (κ2) is 6.34. The Kier molecular flexibility index (Phi) is 5.08. The van der Waals surface area contributed by atoms with Crippen molar-refractivity contribution in [1.29, 1.82) is 0 Å². The van der Waals surface area contributed by atoms with Crippen molar-refractivity contribution in [1.82, 2.24) is 4.90 Å². The van der Waals surface area contributed by atoms with Gasteiger partial charge in [0.2, 0.25) is 17.7 Å². The smallest absolute Gasteiger partial charge is 0.240 e. The number of rotatable bonds is 5. The number of hydrogen-bond acceptors (Lipinski definition) is 4. The van der Waals surface area contributed by atoms with Crippen molar-refractivity contribution in [2.75, 3.05) is 13.1 Å². The largest absolute Gasteiger partial charge is 0.370 e. The highest BCUT2D eigenvalue weighted by Gasteiger charge is 2.27. The summed E-state index contributed by atoms with van der Waals surface area (Å²) in [5, 5.41) is 0. The van der Waals surface area contributed by atoms with Gasteiger partial charge in [-0.2, -0.15) is 0 Å². The van der Waals surface area contributed by atoms with Gasteiger partial charge in [0.15, 0.2) is 0 Å². The standard InChI is InChI=1S/C11H20N4O3/c12-8(6-10(14)17)11(18)15-3-1-7(2-4-15)5-9(13)16/h7-8H,1-6,12H2,(H2,13,16)(H2,14,17). The lowest BCUT2D eigenvalue weighted by Gasteiger charge is -2.32. The molecule has 1 fully saturated rings. The van der Waals surface area contributed by atoms with Crippen molar-refractivity contribution in [3.63, 3.8) is 0 Å². The van der Waals surface area contributed by atoms with Crippen LogP contribution >= 0.6 is 0 Å². The van der Waals surface area contributed by atoms with E-state index in [0.717, 1.165) is 12.8 Å². The van der Waals surface area contributed by atoms with E-state index in [4.69, 9.17) is 17.2 Å². The highest BCUT2D eigenvalue weighted by atomic mass is 16.2. The molecule has 1 atom stereocenters. The number of primary amides is 2. The van der Waals surface area contributed by atoms with Crippen LogP contribution in [-0.2, 0) is 14.4 Å². The zero-order valence-corrected chi connectivity index (χ0v) is 10.3. The molecule has 7 nitrogen and oxygen atoms in total. The number of carbonyl (C=O) groups excluding carboxylic acids is 3. The summed E-state index contributed by atoms with van der Waals surface area (Å²) in [6, 6.07) is -0.866. The summed E-state index contributed by atoms with van der Waals surface area (Å²) in [5.74, 6) is -0.921. The summed E-state index contributed by atoms with van der Waals surface area (Å²) in [6.07, 6.45) is 1.69. The fourth-order valence-electron chi connectivity index (χ4n) is 2.18. The molecule has 1 aliphatic rings. The summed E-state index contributed by atoms with van der Waals surface area (Å²) < 4.78 is 0. The Balaban J connectivity index is 2.40. The van der Waals surface area contributed by atoms with Gasteiger partial charge in [0, 0.05) is 19.5 Å². The molecule has 0 bridgehead atoms. The lowest BCUT2D eigenvalue weighted by atomic mass is 9.93. The van der Waals surface area contributed by atoms with E-state index in [0.29, 0.717) is 19.5 Å². The first-order chi connectivity index (χ1) is 8.40. The van der Waals surface area contributed by atoms with E-state index in [2.05, 4.69) is 0 Å². The first-order valence-corrected chi connectivity index (χ1v) is 6.01. The van der Waals surface area contributed by atoms with Crippen LogP contribution in [-0.4, -0.2) is 41.8 Å². The van der Waals surface area contributed by atoms with Crippen LogP contribution in [0.3, 0.4) is 0 Å². The maximum Gasteiger partial charge on any atom is 0.240 e. The van der Waals surface area contributed by atoms with Gasteiger partial charge in [-0.1, -0.05) is 0 Å². The fourth-order valence-corrected chi connectivity index (χ4v) is 2.18. The average Bonchev–Trinajstić information content (AvgIpc) is 2.27. The van der Waals surface area contributed by atoms with Gasteiger partial charge in [-0.3, -0.25) is 14.4 Å². The van der Waals surface area contributed by atoms with Gasteiger partial charge < -0.3 is 22.1 Å². The van der Waals surface area contributed by atoms with Crippen molar-refractivity contribution < 1.29 is 14.4 Å². The highest BCUT2D eigenvalue weighted by molar-refractivity contribution is 5.87. The second-order valence-corrected chi connectivity index (χ2v) is 4.72. The number of hydrogen-bond donors (Lipinski definition) is 3. The molecule has 1 unspecified atom stereocenters. The molecule has 0 aromatic carbocycles. The first kappa shape index (κ1) is 14.4. The molecule has 102 valence electrons. The quantitative estimate of drug-likeness (QED) is 0.541. The number of amides is 3. The SMILES string of the molecule is NC(=O)CC1CCN(C(=O)C(N)CC(N)=O)CC1. The molecular formula is C11H20N4O3. The van der Waals surface area contributed by atoms with Crippen LogP contribution in [0.25, 0.3) is 0 Å². The summed E-state index contributed by atoms with van der Waals surface area (Å²) >= 11 is 0. The molecule has 6 N–H and O–H groups in total. The number of carbonyl (C=O) groups is 3. The van der Waals surface area contributed by atoms with Crippen LogP contribution in [0.4, 0.5) is 0 Å². The van der Waals surface area contributed by atoms with Crippen LogP contribution in [0.1, 0.15) is 25.7 Å². The summed E-state index contributed by atoms with van der Waals surface area (Å²) in [4.78, 5) is 35.0. The number of likely N-dealkylation sites (tertiary alicyclic amines) is 1. The molecule has 1 heterocycles. The Hall–Kier alpha value is -1.63. The van der Waals surface area contributed by atoms with Gasteiger partial charge in [0.05, 0.1) is 12.5 Å². The lowest BCUT2D eigenvalue weighted by molar-refractivity contribution is -0.136. The summed E-state index contributed by atoms with van der Waals surface area (Å²) in [5.41, 5.74) is 15.7. The van der Waals surface area contributed by atoms with E-state index >= 15 is 0 Å². The Labute approximate surface area is 106 Å². The van der Waals surface area contributed by atoms with Gasteiger partial charge in [-0.25, -0.2) is 0 Å². The maximum atomic E-state index is 11.9. The van der Waals surface area contributed by atoms with Gasteiger partial charge in [-0.05, 0) is 18.8 Å². The third-order valence-electron chi connectivity index (χ3n) is 3.15. The molecule has 0 aliphatic carbocycles. The van der Waals surface area contributed by atoms with Crippen LogP contribution in [0.15, 0.2) is 0 Å². The van der Waals surface area contributed by atoms with E-state index in [1.54, 1.807) is 4.90 Å². The van der Waals surface area contributed by atoms with E-state index in [1.165, 1.54) is 0 Å². The van der Waals surface area contributed by atoms with E-state index in [-0.39, 0.29) is 24.2 Å². The average molecular weight is 256 g/mol. The molecule has 1 rings (SSSR count). The van der Waals surface area contributed by atoms with Crippen molar-refractivity contribution in [2.45, 2.75) is 31.7 Å². The summed E-state index contributed by atoms with van der Waals surface area (Å²) in [6.45, 7) is 1.09. The molecule has 1 saturated heterocycles. The van der Waals surface area contributed by atoms with Gasteiger partial charge in [0.25, 0.3) is 0 Å². The van der Waals surface area contributed by atoms with Crippen molar-refractivity contribution in [2.24, 2.45) is 23.1 Å². The lowest BCUT2D eigenvalue weighted by Crippen LogP contribution is -2.48. The van der Waals surface area contributed by atoms with E-state index < -0.39 is 11.9 Å². The van der Waals surface area contributed by atoms with Crippen LogP contribution < -0.4 is 17.2 Å². The fraction of sp³-hybridized carbons (Fsp3) is 0.727. The monoisotopic (exact) mass is 256 g/mol. The third kappa shape index (κ3) is 4.33. The molecule has 18 heavy (non-hydrogen) atoms. The Bertz CT molecular complexity index is 337. The van der Waals surface area contributed by atoms with Crippen LogP contribution in [0.2, 0.25) is 0 Å². The summed E-state index contributed by atoms with van der Waals surface area (Å²) in [7, 11) is 0. The minimum Gasteiger partial charge on any atom is -0.370 e. The van der Waals surface area contributed by atoms with E-state index in [1.807, 2.05) is 0 Å². The Morgan fingerprint density at radius 2 is 1.67 bits per heavy atom. The van der Waals surface area contributed by atoms with Crippen molar-refractivity contribution in [3.05, 3.63) is 0 Å². The minimum absolute atomic E-state index is 0.139. The molecule has 1 aliphatic heterocycles. The van der Waals surface area contributed by atoms with Crippen LogP contribution in [0, 0.1) is 5.92 Å². The molecular weight excluding hydrogens is 236 g/mol. The first-order valence-electron chi connectivity index (χ1n) is 6.01. The Morgan fingerprint density at radius 3 is 2.11 bits per heavy atom. The molecule has 0 aromatic heterocycles. The number of nitrogens with zero attached hydrogens (tertiary/aromatic N) is 1. The normalized spacial score (nSPS) is 18.4. The third-order valence-corrected chi connectivity index (χ3v) is 3.15. The molecule has 0 aromatic rings. The zero-order valence-electron chi connectivity index (χ0n) is 10.3. The van der Waals surface area contributed by atoms with Gasteiger partial charge in [-0.15, -0.1) is 0 Å². The predicted molar refractivity (Wildman–Crippen MR) is 64.9 cm³/mol. The minimum atomic E-state index is -0.866. The Morgan fingerprint density at radius 1 is 1.11 bits per heavy atom. The molecule has 0 saturated carbocycles. The topological polar surface area (TPSA) is 133 Å². The molecule has 0 radical (unpaired) electrons. The highest BCUT2D eigenvalue weighted by Crippen LogP contribution is 2.20.